The molecular weight excluding hydrogens is 423 g/mol. The van der Waals surface area contributed by atoms with Gasteiger partial charge in [0.2, 0.25) is 10.0 Å². The molecule has 0 saturated carbocycles. The second-order valence-corrected chi connectivity index (χ2v) is 9.23. The van der Waals surface area contributed by atoms with Crippen molar-refractivity contribution in [2.75, 3.05) is 36.7 Å². The lowest BCUT2D eigenvalue weighted by Gasteiger charge is -2.35. The fourth-order valence-electron chi connectivity index (χ4n) is 3.41. The Bertz CT molecular complexity index is 1090. The van der Waals surface area contributed by atoms with E-state index in [1.807, 2.05) is 0 Å². The standard InChI is InChI=1S/C21H25FN4O4S.H2/c1-3-12-31(29,30)24-19-5-4-16(13-15(19)2)20(27)25-8-10-26(11-9-25)21(28)17-6-7-23-14-18(17)22;/h4-7,13-14,24H,3,8-12H2,1-2H3;1H. The van der Waals surface area contributed by atoms with E-state index in [2.05, 4.69) is 9.71 Å². The summed E-state index contributed by atoms with van der Waals surface area (Å²) in [5, 5.41) is 0. The first-order valence-corrected chi connectivity index (χ1v) is 11.7. The number of piperazine rings is 1. The number of sulfonamides is 1. The van der Waals surface area contributed by atoms with E-state index in [-0.39, 0.29) is 18.7 Å². The molecule has 1 aliphatic rings. The summed E-state index contributed by atoms with van der Waals surface area (Å²) in [6, 6.07) is 6.16. The highest BCUT2D eigenvalue weighted by Gasteiger charge is 2.27. The second-order valence-electron chi connectivity index (χ2n) is 7.39. The number of benzene rings is 1. The van der Waals surface area contributed by atoms with Gasteiger partial charge in [-0.05, 0) is 43.2 Å². The molecule has 1 saturated heterocycles. The SMILES string of the molecule is CCCS(=O)(=O)Nc1ccc(C(=O)N2CCN(C(=O)c3ccncc3F)CC2)cc1C.[HH]. The van der Waals surface area contributed by atoms with Crippen LogP contribution in [-0.4, -0.2) is 66.9 Å². The molecule has 2 amide bonds. The van der Waals surface area contributed by atoms with Crippen LogP contribution in [0.2, 0.25) is 0 Å². The summed E-state index contributed by atoms with van der Waals surface area (Å²) < 4.78 is 40.3. The maximum atomic E-state index is 13.8. The van der Waals surface area contributed by atoms with Crippen LogP contribution in [0.5, 0.6) is 0 Å². The number of nitrogens with zero attached hydrogens (tertiary/aromatic N) is 3. The Morgan fingerprint density at radius 3 is 2.35 bits per heavy atom. The van der Waals surface area contributed by atoms with Crippen molar-refractivity contribution in [3.8, 4) is 0 Å². The Labute approximate surface area is 182 Å². The third-order valence-corrected chi connectivity index (χ3v) is 6.55. The van der Waals surface area contributed by atoms with Crippen molar-refractivity contribution < 1.29 is 23.8 Å². The highest BCUT2D eigenvalue weighted by Crippen LogP contribution is 2.20. The van der Waals surface area contributed by atoms with E-state index in [9.17, 15) is 22.4 Å². The van der Waals surface area contributed by atoms with Crippen LogP contribution in [0.4, 0.5) is 10.1 Å². The zero-order valence-electron chi connectivity index (χ0n) is 17.5. The van der Waals surface area contributed by atoms with Crippen molar-refractivity contribution in [2.45, 2.75) is 20.3 Å². The molecule has 10 heteroatoms. The van der Waals surface area contributed by atoms with Crippen molar-refractivity contribution in [3.05, 3.63) is 59.2 Å². The molecule has 31 heavy (non-hydrogen) atoms. The van der Waals surface area contributed by atoms with Gasteiger partial charge < -0.3 is 9.80 Å². The molecule has 1 aromatic carbocycles. The summed E-state index contributed by atoms with van der Waals surface area (Å²) in [7, 11) is -3.41. The fraction of sp³-hybridized carbons (Fsp3) is 0.381. The van der Waals surface area contributed by atoms with E-state index in [1.54, 1.807) is 36.9 Å². The van der Waals surface area contributed by atoms with E-state index in [1.165, 1.54) is 17.2 Å². The summed E-state index contributed by atoms with van der Waals surface area (Å²) in [6.07, 6.45) is 2.87. The lowest BCUT2D eigenvalue weighted by atomic mass is 10.1. The minimum absolute atomic E-state index is 0. The van der Waals surface area contributed by atoms with Gasteiger partial charge in [0, 0.05) is 39.4 Å². The first-order valence-electron chi connectivity index (χ1n) is 10.0. The van der Waals surface area contributed by atoms with Gasteiger partial charge in [0.15, 0.2) is 5.82 Å². The predicted octanol–water partition coefficient (Wildman–Crippen LogP) is 2.53. The molecule has 168 valence electrons. The molecule has 0 bridgehead atoms. The van der Waals surface area contributed by atoms with Crippen LogP contribution in [0.25, 0.3) is 0 Å². The maximum absolute atomic E-state index is 13.8. The van der Waals surface area contributed by atoms with Crippen LogP contribution in [0.15, 0.2) is 36.7 Å². The van der Waals surface area contributed by atoms with Gasteiger partial charge in [0.1, 0.15) is 0 Å². The molecule has 3 rings (SSSR count). The molecule has 0 atom stereocenters. The van der Waals surface area contributed by atoms with Crippen molar-refractivity contribution in [2.24, 2.45) is 0 Å². The third kappa shape index (κ3) is 5.38. The zero-order valence-corrected chi connectivity index (χ0v) is 18.3. The van der Waals surface area contributed by atoms with E-state index in [4.69, 9.17) is 0 Å². The van der Waals surface area contributed by atoms with E-state index < -0.39 is 21.7 Å². The first kappa shape index (κ1) is 22.7. The van der Waals surface area contributed by atoms with Crippen LogP contribution in [0, 0.1) is 12.7 Å². The molecule has 0 spiro atoms. The van der Waals surface area contributed by atoms with Crippen molar-refractivity contribution in [3.63, 3.8) is 0 Å². The minimum Gasteiger partial charge on any atom is -0.335 e. The summed E-state index contributed by atoms with van der Waals surface area (Å²) in [4.78, 5) is 32.2. The number of pyridine rings is 1. The van der Waals surface area contributed by atoms with Crippen LogP contribution in [-0.2, 0) is 10.0 Å². The van der Waals surface area contributed by atoms with E-state index >= 15 is 0 Å². The number of anilines is 1. The van der Waals surface area contributed by atoms with E-state index in [0.29, 0.717) is 49.4 Å². The molecule has 0 aliphatic carbocycles. The van der Waals surface area contributed by atoms with Crippen molar-refractivity contribution >= 4 is 27.5 Å². The molecule has 2 heterocycles. The number of carbonyl (C=O) groups is 2. The number of rotatable bonds is 6. The second kappa shape index (κ2) is 9.42. The number of nitrogens with one attached hydrogen (secondary N) is 1. The molecule has 0 unspecified atom stereocenters. The fourth-order valence-corrected chi connectivity index (χ4v) is 4.62. The molecule has 1 fully saturated rings. The Morgan fingerprint density at radius 1 is 1.13 bits per heavy atom. The number of hydrogen-bond donors (Lipinski definition) is 1. The van der Waals surface area contributed by atoms with Gasteiger partial charge in [-0.1, -0.05) is 6.92 Å². The molecule has 0 radical (unpaired) electrons. The van der Waals surface area contributed by atoms with Gasteiger partial charge in [-0.15, -0.1) is 0 Å². The first-order chi connectivity index (χ1) is 14.7. The monoisotopic (exact) mass is 450 g/mol. The third-order valence-electron chi connectivity index (χ3n) is 5.07. The summed E-state index contributed by atoms with van der Waals surface area (Å²) in [6.45, 7) is 4.75. The van der Waals surface area contributed by atoms with Crippen LogP contribution >= 0.6 is 0 Å². The average Bonchev–Trinajstić information content (AvgIpc) is 2.74. The van der Waals surface area contributed by atoms with Gasteiger partial charge >= 0.3 is 0 Å². The molecule has 2 aromatic rings. The maximum Gasteiger partial charge on any atom is 0.257 e. The molecule has 1 aromatic heterocycles. The van der Waals surface area contributed by atoms with Crippen LogP contribution in [0.1, 0.15) is 41.1 Å². The highest BCUT2D eigenvalue weighted by molar-refractivity contribution is 7.92. The number of hydrogen-bond acceptors (Lipinski definition) is 5. The number of halogens is 1. The molecular formula is C21H27FN4O4S. The lowest BCUT2D eigenvalue weighted by molar-refractivity contribution is 0.0532. The van der Waals surface area contributed by atoms with E-state index in [0.717, 1.165) is 6.20 Å². The molecule has 1 N–H and O–H groups in total. The number of aryl methyl sites for hydroxylation is 1. The summed E-state index contributed by atoms with van der Waals surface area (Å²) >= 11 is 0. The predicted molar refractivity (Wildman–Crippen MR) is 117 cm³/mol. The highest BCUT2D eigenvalue weighted by atomic mass is 32.2. The normalized spacial score (nSPS) is 14.4. The minimum atomic E-state index is -3.41. The quantitative estimate of drug-likeness (QED) is 0.729. The van der Waals surface area contributed by atoms with Gasteiger partial charge in [-0.25, -0.2) is 12.8 Å². The summed E-state index contributed by atoms with van der Waals surface area (Å²) in [5.41, 5.74) is 1.50. The van der Waals surface area contributed by atoms with Crippen molar-refractivity contribution in [1.82, 2.24) is 14.8 Å². The largest absolute Gasteiger partial charge is 0.335 e. The molecule has 1 aliphatic heterocycles. The Balaban J connectivity index is 0.00000363. The van der Waals surface area contributed by atoms with Gasteiger partial charge in [0.05, 0.1) is 23.2 Å². The average molecular weight is 451 g/mol. The lowest BCUT2D eigenvalue weighted by Crippen LogP contribution is -2.50. The topological polar surface area (TPSA) is 99.7 Å². The smallest absolute Gasteiger partial charge is 0.257 e. The Morgan fingerprint density at radius 2 is 1.77 bits per heavy atom. The van der Waals surface area contributed by atoms with Gasteiger partial charge in [-0.3, -0.25) is 19.3 Å². The Kier molecular flexibility index (Phi) is 6.89. The Hall–Kier alpha value is -3.01. The molecule has 8 nitrogen and oxygen atoms in total. The van der Waals surface area contributed by atoms with Crippen molar-refractivity contribution in [1.29, 1.82) is 0 Å². The van der Waals surface area contributed by atoms with Crippen LogP contribution in [0.3, 0.4) is 0 Å². The zero-order chi connectivity index (χ0) is 22.6. The summed E-state index contributed by atoms with van der Waals surface area (Å²) in [5.74, 6) is -1.27. The van der Waals surface area contributed by atoms with Gasteiger partial charge in [-0.2, -0.15) is 0 Å². The van der Waals surface area contributed by atoms with Gasteiger partial charge in [0.25, 0.3) is 11.8 Å². The number of aromatic nitrogens is 1. The van der Waals surface area contributed by atoms with Crippen LogP contribution < -0.4 is 4.72 Å². The number of carbonyl (C=O) groups excluding carboxylic acids is 2. The number of amides is 2.